The lowest BCUT2D eigenvalue weighted by atomic mass is 10.0. The molecule has 2 aromatic carbocycles. The molecule has 1 aromatic heterocycles. The van der Waals surface area contributed by atoms with Gasteiger partial charge in [-0.1, -0.05) is 44.7 Å². The Bertz CT molecular complexity index is 2210. The van der Waals surface area contributed by atoms with Gasteiger partial charge in [-0.2, -0.15) is 0 Å². The molecule has 4 N–H and O–H groups in total. The van der Waals surface area contributed by atoms with Gasteiger partial charge in [0.1, 0.15) is 29.3 Å². The number of fused-ring (bicyclic) bond motifs is 2. The van der Waals surface area contributed by atoms with Crippen molar-refractivity contribution in [1.29, 1.82) is 0 Å². The minimum atomic E-state index is -0.706. The maximum Gasteiger partial charge on any atom is 0.255 e. The van der Waals surface area contributed by atoms with Crippen LogP contribution in [0.2, 0.25) is 0 Å². The van der Waals surface area contributed by atoms with Crippen LogP contribution >= 0.6 is 0 Å². The molecule has 342 valence electrons. The fourth-order valence-electron chi connectivity index (χ4n) is 9.22. The van der Waals surface area contributed by atoms with Crippen LogP contribution in [0.5, 0.6) is 5.75 Å². The number of nitrogens with one attached hydrogen (secondary N) is 4. The summed E-state index contributed by atoms with van der Waals surface area (Å²) in [5.74, 6) is 0.665. The van der Waals surface area contributed by atoms with Gasteiger partial charge in [0.25, 0.3) is 11.8 Å². The van der Waals surface area contributed by atoms with Gasteiger partial charge < -0.3 is 40.1 Å². The second-order valence-corrected chi connectivity index (χ2v) is 16.9. The number of imide groups is 1. The lowest BCUT2D eigenvalue weighted by Gasteiger charge is -2.43. The van der Waals surface area contributed by atoms with E-state index in [1.54, 1.807) is 55.6 Å². The number of anilines is 3. The number of carbonyl (C=O) groups excluding carboxylic acids is 6. The zero-order valence-corrected chi connectivity index (χ0v) is 37.2. The summed E-state index contributed by atoms with van der Waals surface area (Å²) < 4.78 is 11.4. The average molecular weight is 880 g/mol. The van der Waals surface area contributed by atoms with E-state index in [-0.39, 0.29) is 61.0 Å². The number of hydrogen-bond acceptors (Lipinski definition) is 12. The van der Waals surface area contributed by atoms with Gasteiger partial charge in [-0.15, -0.1) is 0 Å². The molecule has 17 heteroatoms. The number of likely N-dealkylation sites (N-methyl/N-ethyl adjacent to an activating group) is 1. The Morgan fingerprint density at radius 2 is 1.75 bits per heavy atom. The minimum absolute atomic E-state index is 0.0794. The highest BCUT2D eigenvalue weighted by Gasteiger charge is 2.42. The van der Waals surface area contributed by atoms with Crippen molar-refractivity contribution < 1.29 is 38.2 Å². The second kappa shape index (κ2) is 21.6. The molecule has 0 spiro atoms. The summed E-state index contributed by atoms with van der Waals surface area (Å²) >= 11 is 0. The number of rotatable bonds is 21. The fraction of sp³-hybridized carbons (Fsp3) is 0.532. The van der Waals surface area contributed by atoms with E-state index in [4.69, 9.17) is 14.5 Å². The molecule has 7 rings (SSSR count). The Morgan fingerprint density at radius 3 is 2.53 bits per heavy atom. The van der Waals surface area contributed by atoms with Gasteiger partial charge in [0.15, 0.2) is 5.82 Å². The van der Waals surface area contributed by atoms with E-state index < -0.39 is 11.9 Å². The molecule has 0 bridgehead atoms. The number of hydrogen-bond donors (Lipinski definition) is 4. The zero-order chi connectivity index (χ0) is 45.2. The van der Waals surface area contributed by atoms with Gasteiger partial charge >= 0.3 is 0 Å². The zero-order valence-electron chi connectivity index (χ0n) is 37.2. The van der Waals surface area contributed by atoms with Crippen LogP contribution in [0.3, 0.4) is 0 Å². The van der Waals surface area contributed by atoms with Crippen LogP contribution < -0.4 is 35.8 Å². The van der Waals surface area contributed by atoms with Crippen LogP contribution in [-0.2, 0) is 36.9 Å². The number of ether oxygens (including phenoxy) is 2. The predicted octanol–water partition coefficient (Wildman–Crippen LogP) is 4.27. The van der Waals surface area contributed by atoms with Crippen molar-refractivity contribution in [3.05, 3.63) is 70.7 Å². The lowest BCUT2D eigenvalue weighted by molar-refractivity contribution is -0.137. The quantitative estimate of drug-likeness (QED) is 0.0876. The average Bonchev–Trinajstić information content (AvgIpc) is 3.95. The summed E-state index contributed by atoms with van der Waals surface area (Å²) in [5, 5.41) is 11.5. The summed E-state index contributed by atoms with van der Waals surface area (Å²) in [6.45, 7) is 5.00. The van der Waals surface area contributed by atoms with Gasteiger partial charge in [-0.3, -0.25) is 34.1 Å². The van der Waals surface area contributed by atoms with Crippen LogP contribution in [0.25, 0.3) is 0 Å². The molecule has 4 aliphatic rings. The summed E-state index contributed by atoms with van der Waals surface area (Å²) in [6, 6.07) is 9.90. The molecular formula is C47H61N9O8. The van der Waals surface area contributed by atoms with E-state index >= 15 is 0 Å². The lowest BCUT2D eigenvalue weighted by Crippen LogP contribution is -2.55. The number of methoxy groups -OCH3 is 1. The number of unbranched alkanes of at least 4 members (excludes halogenated alkanes) is 3. The van der Waals surface area contributed by atoms with E-state index in [1.165, 1.54) is 4.90 Å². The summed E-state index contributed by atoms with van der Waals surface area (Å²) in [5.41, 5.74) is 3.79. The largest absolute Gasteiger partial charge is 0.496 e. The molecule has 1 saturated carbocycles. The smallest absolute Gasteiger partial charge is 0.255 e. The Kier molecular flexibility index (Phi) is 15.6. The third-order valence-electron chi connectivity index (χ3n) is 12.7. The van der Waals surface area contributed by atoms with Gasteiger partial charge in [-0.25, -0.2) is 9.97 Å². The van der Waals surface area contributed by atoms with Crippen molar-refractivity contribution in [2.24, 2.45) is 0 Å². The molecule has 2 atom stereocenters. The monoisotopic (exact) mass is 879 g/mol. The Balaban J connectivity index is 0.752. The molecule has 1 saturated heterocycles. The second-order valence-electron chi connectivity index (χ2n) is 16.9. The van der Waals surface area contributed by atoms with Crippen molar-refractivity contribution in [1.82, 2.24) is 30.8 Å². The SMILES string of the molecule is CC[C@@H]1C(=O)N(C)c2cnc(Cc3ccc(C(=O)NCCOCCNCCCCCCC(=O)Nc4cccc5c4CN(C4CCC(=O)NC4=O)C5=O)cc3OC)nc2N1C1CCCC1. The third-order valence-corrected chi connectivity index (χ3v) is 12.7. The van der Waals surface area contributed by atoms with E-state index in [9.17, 15) is 28.8 Å². The van der Waals surface area contributed by atoms with Crippen molar-refractivity contribution >= 4 is 52.6 Å². The summed E-state index contributed by atoms with van der Waals surface area (Å²) in [4.78, 5) is 91.1. The van der Waals surface area contributed by atoms with Gasteiger partial charge in [0.05, 0.1) is 26.5 Å². The summed E-state index contributed by atoms with van der Waals surface area (Å²) in [6.07, 6.45) is 11.7. The molecule has 3 aromatic rings. The molecule has 2 fully saturated rings. The van der Waals surface area contributed by atoms with E-state index in [1.807, 2.05) is 6.07 Å². The Hall–Kier alpha value is -5.94. The van der Waals surface area contributed by atoms with Gasteiger partial charge in [-0.05, 0) is 69.3 Å². The molecular weight excluding hydrogens is 819 g/mol. The maximum atomic E-state index is 13.3. The first kappa shape index (κ1) is 46.1. The number of aromatic nitrogens is 2. The number of amides is 6. The molecule has 1 unspecified atom stereocenters. The van der Waals surface area contributed by atoms with Crippen molar-refractivity contribution in [3.63, 3.8) is 0 Å². The topological polar surface area (TPSA) is 204 Å². The molecule has 0 radical (unpaired) electrons. The molecule has 17 nitrogen and oxygen atoms in total. The molecule has 4 heterocycles. The number of benzene rings is 2. The highest BCUT2D eigenvalue weighted by atomic mass is 16.5. The minimum Gasteiger partial charge on any atom is -0.496 e. The highest BCUT2D eigenvalue weighted by molar-refractivity contribution is 6.07. The molecule has 64 heavy (non-hydrogen) atoms. The van der Waals surface area contributed by atoms with Crippen molar-refractivity contribution in [3.8, 4) is 5.75 Å². The molecule has 1 aliphatic carbocycles. The molecule has 3 aliphatic heterocycles. The van der Waals surface area contributed by atoms with E-state index in [2.05, 4.69) is 38.1 Å². The maximum absolute atomic E-state index is 13.3. The van der Waals surface area contributed by atoms with Crippen LogP contribution in [0.15, 0.2) is 42.6 Å². The Morgan fingerprint density at radius 1 is 0.953 bits per heavy atom. The Labute approximate surface area is 374 Å². The standard InChI is InChI=1S/C47H61N9O8/c1-4-36-47(62)54(2)38-28-50-40(52-43(38)56(36)32-12-8-9-13-32)27-30-17-18-31(26-39(30)63-3)44(59)49-23-25-64-24-22-48-21-10-6-5-7-16-41(57)51-35-15-11-14-33-34(35)29-55(46(33)61)37-19-20-42(58)53-45(37)60/h11,14-15,17-18,26,28,32,36-37,48H,4-10,12-13,16,19-25,27,29H2,1-3H3,(H,49,59)(H,51,57)(H,53,58,60)/t36-,37?/m1/s1. The molecule has 6 amide bonds. The van der Waals surface area contributed by atoms with Crippen molar-refractivity contribution in [2.75, 3.05) is 62.1 Å². The number of nitrogens with zero attached hydrogens (tertiary/aromatic N) is 5. The highest BCUT2D eigenvalue weighted by Crippen LogP contribution is 2.40. The number of piperidine rings is 1. The van der Waals surface area contributed by atoms with E-state index in [0.29, 0.717) is 79.5 Å². The van der Waals surface area contributed by atoms with Crippen LogP contribution in [0.1, 0.15) is 122 Å². The van der Waals surface area contributed by atoms with Gasteiger partial charge in [0.2, 0.25) is 23.6 Å². The fourth-order valence-corrected chi connectivity index (χ4v) is 9.22. The van der Waals surface area contributed by atoms with Crippen LogP contribution in [0.4, 0.5) is 17.2 Å². The van der Waals surface area contributed by atoms with E-state index in [0.717, 1.165) is 75.0 Å². The van der Waals surface area contributed by atoms with Gasteiger partial charge in [0, 0.05) is 79.9 Å². The first-order valence-electron chi connectivity index (χ1n) is 22.8. The van der Waals surface area contributed by atoms with Crippen LogP contribution in [-0.4, -0.2) is 115 Å². The van der Waals surface area contributed by atoms with Crippen LogP contribution in [0, 0.1) is 0 Å². The normalized spacial score (nSPS) is 18.6. The first-order chi connectivity index (χ1) is 31.1. The van der Waals surface area contributed by atoms with Crippen molar-refractivity contribution in [2.45, 2.75) is 115 Å². The summed E-state index contributed by atoms with van der Waals surface area (Å²) in [7, 11) is 3.38. The first-order valence-corrected chi connectivity index (χ1v) is 22.8. The number of carbonyl (C=O) groups is 6. The predicted molar refractivity (Wildman–Crippen MR) is 240 cm³/mol. The third kappa shape index (κ3) is 10.7.